The maximum absolute atomic E-state index is 12.7. The van der Waals surface area contributed by atoms with Crippen molar-refractivity contribution in [2.24, 2.45) is 5.41 Å². The van der Waals surface area contributed by atoms with E-state index in [-0.39, 0.29) is 5.91 Å². The van der Waals surface area contributed by atoms with Crippen LogP contribution in [-0.4, -0.2) is 18.5 Å². The van der Waals surface area contributed by atoms with Crippen LogP contribution in [0.15, 0.2) is 42.5 Å². The highest BCUT2D eigenvalue weighted by Crippen LogP contribution is 2.29. The molecule has 5 nitrogen and oxygen atoms in total. The van der Waals surface area contributed by atoms with E-state index in [2.05, 4.69) is 5.32 Å². The van der Waals surface area contributed by atoms with E-state index in [4.69, 9.17) is 27.9 Å². The number of hydrogen-bond donors (Lipinski definition) is 1. The summed E-state index contributed by atoms with van der Waals surface area (Å²) >= 11 is 12.0. The molecule has 0 radical (unpaired) electrons. The van der Waals surface area contributed by atoms with Crippen molar-refractivity contribution in [2.45, 2.75) is 40.5 Å². The zero-order valence-corrected chi connectivity index (χ0v) is 18.6. The molecule has 2 amide bonds. The van der Waals surface area contributed by atoms with Gasteiger partial charge in [0.15, 0.2) is 0 Å². The average molecular weight is 437 g/mol. The summed E-state index contributed by atoms with van der Waals surface area (Å²) in [6.45, 7) is 8.08. The number of amides is 2. The first-order valence-corrected chi connectivity index (χ1v) is 10.3. The van der Waals surface area contributed by atoms with Crippen molar-refractivity contribution in [3.05, 3.63) is 52.5 Å². The maximum Gasteiger partial charge on any atom is 0.419 e. The largest absolute Gasteiger partial charge is 0.419 e. The summed E-state index contributed by atoms with van der Waals surface area (Å²) in [5.74, 6) is 0.258. The fraction of sp³-hybridized carbons (Fsp3) is 0.364. The van der Waals surface area contributed by atoms with E-state index >= 15 is 0 Å². The lowest BCUT2D eigenvalue weighted by molar-refractivity contribution is -0.124. The number of halogens is 2. The van der Waals surface area contributed by atoms with Crippen LogP contribution in [0.25, 0.3) is 0 Å². The van der Waals surface area contributed by atoms with Gasteiger partial charge in [-0.3, -0.25) is 9.69 Å². The first kappa shape index (κ1) is 23.0. The minimum absolute atomic E-state index is 0.0752. The number of rotatable bonds is 7. The number of carbonyl (C=O) groups is 2. The molecule has 2 aromatic carbocycles. The number of benzene rings is 2. The number of carbonyl (C=O) groups excluding carboxylic acids is 2. The second-order valence-corrected chi connectivity index (χ2v) is 8.14. The van der Waals surface area contributed by atoms with E-state index in [1.54, 1.807) is 42.5 Å². The van der Waals surface area contributed by atoms with E-state index in [1.807, 2.05) is 27.7 Å². The highest BCUT2D eigenvalue weighted by atomic mass is 35.5. The summed E-state index contributed by atoms with van der Waals surface area (Å²) in [6.07, 6.45) is 1.14. The first-order valence-electron chi connectivity index (χ1n) is 9.54. The lowest BCUT2D eigenvalue weighted by atomic mass is 9.87. The fourth-order valence-corrected chi connectivity index (χ4v) is 3.19. The van der Waals surface area contributed by atoms with Crippen molar-refractivity contribution in [3.63, 3.8) is 0 Å². The summed E-state index contributed by atoms with van der Waals surface area (Å²) in [6, 6.07) is 11.7. The molecular formula is C22H26Cl2N2O3. The number of anilines is 2. The second-order valence-electron chi connectivity index (χ2n) is 7.33. The van der Waals surface area contributed by atoms with Crippen LogP contribution in [0.4, 0.5) is 16.2 Å². The van der Waals surface area contributed by atoms with Crippen LogP contribution in [-0.2, 0) is 4.79 Å². The van der Waals surface area contributed by atoms with Crippen molar-refractivity contribution in [1.29, 1.82) is 0 Å². The zero-order valence-electron chi connectivity index (χ0n) is 17.1. The summed E-state index contributed by atoms with van der Waals surface area (Å²) in [5.41, 5.74) is 0.675. The van der Waals surface area contributed by atoms with Crippen molar-refractivity contribution in [1.82, 2.24) is 0 Å². The van der Waals surface area contributed by atoms with E-state index in [0.717, 1.165) is 12.8 Å². The van der Waals surface area contributed by atoms with Crippen molar-refractivity contribution >= 4 is 46.6 Å². The molecule has 0 aromatic heterocycles. The molecule has 2 aromatic rings. The van der Waals surface area contributed by atoms with E-state index in [1.165, 1.54) is 4.90 Å². The van der Waals surface area contributed by atoms with Gasteiger partial charge in [0.05, 0.1) is 10.0 Å². The lowest BCUT2D eigenvalue weighted by Gasteiger charge is -2.23. The van der Waals surface area contributed by atoms with Gasteiger partial charge >= 0.3 is 6.09 Å². The molecule has 0 atom stereocenters. The topological polar surface area (TPSA) is 58.6 Å². The third-order valence-corrected chi connectivity index (χ3v) is 5.28. The Morgan fingerprint density at radius 1 is 1.07 bits per heavy atom. The third kappa shape index (κ3) is 6.12. The van der Waals surface area contributed by atoms with Gasteiger partial charge in [-0.05, 0) is 43.7 Å². The molecule has 2 rings (SSSR count). The number of ether oxygens (including phenoxy) is 1. The Hall–Kier alpha value is -2.24. The van der Waals surface area contributed by atoms with Crippen LogP contribution in [0.3, 0.4) is 0 Å². The molecular weight excluding hydrogens is 411 g/mol. The smallest absolute Gasteiger partial charge is 0.410 e. The second kappa shape index (κ2) is 9.99. The van der Waals surface area contributed by atoms with Crippen LogP contribution in [0, 0.1) is 5.41 Å². The minimum atomic E-state index is -0.555. The van der Waals surface area contributed by atoms with Gasteiger partial charge < -0.3 is 10.1 Å². The van der Waals surface area contributed by atoms with Crippen LogP contribution in [0.5, 0.6) is 5.75 Å². The minimum Gasteiger partial charge on any atom is -0.410 e. The Bertz CT molecular complexity index is 884. The normalized spacial score (nSPS) is 11.1. The molecule has 156 valence electrons. The Morgan fingerprint density at radius 3 is 2.41 bits per heavy atom. The molecule has 1 N–H and O–H groups in total. The summed E-state index contributed by atoms with van der Waals surface area (Å²) in [4.78, 5) is 26.6. The van der Waals surface area contributed by atoms with Gasteiger partial charge in [0.1, 0.15) is 5.75 Å². The maximum atomic E-state index is 12.7. The monoisotopic (exact) mass is 436 g/mol. The highest BCUT2D eigenvalue weighted by Gasteiger charge is 2.26. The van der Waals surface area contributed by atoms with Gasteiger partial charge in [0.2, 0.25) is 5.91 Å². The van der Waals surface area contributed by atoms with Crippen LogP contribution >= 0.6 is 23.2 Å². The highest BCUT2D eigenvalue weighted by molar-refractivity contribution is 6.42. The molecule has 0 aliphatic heterocycles. The predicted octanol–water partition coefficient (Wildman–Crippen LogP) is 6.78. The van der Waals surface area contributed by atoms with E-state index in [9.17, 15) is 9.59 Å². The van der Waals surface area contributed by atoms with Gasteiger partial charge in [0, 0.05) is 29.4 Å². The summed E-state index contributed by atoms with van der Waals surface area (Å²) in [5, 5.41) is 3.66. The van der Waals surface area contributed by atoms with Gasteiger partial charge in [-0.25, -0.2) is 4.79 Å². The molecule has 0 aliphatic carbocycles. The quantitative estimate of drug-likeness (QED) is 0.519. The molecule has 0 heterocycles. The number of nitrogens with zero attached hydrogens (tertiary/aromatic N) is 1. The molecule has 29 heavy (non-hydrogen) atoms. The molecule has 0 unspecified atom stereocenters. The lowest BCUT2D eigenvalue weighted by Crippen LogP contribution is -2.33. The molecule has 7 heteroatoms. The van der Waals surface area contributed by atoms with Gasteiger partial charge in [-0.15, -0.1) is 0 Å². The zero-order chi connectivity index (χ0) is 21.6. The van der Waals surface area contributed by atoms with Crippen LogP contribution in [0.1, 0.15) is 40.5 Å². The van der Waals surface area contributed by atoms with Crippen LogP contribution in [0.2, 0.25) is 10.0 Å². The van der Waals surface area contributed by atoms with Gasteiger partial charge in [-0.2, -0.15) is 0 Å². The van der Waals surface area contributed by atoms with E-state index in [0.29, 0.717) is 33.7 Å². The molecule has 0 bridgehead atoms. The first-order chi connectivity index (χ1) is 13.7. The number of hydrogen-bond acceptors (Lipinski definition) is 3. The van der Waals surface area contributed by atoms with Crippen LogP contribution < -0.4 is 15.0 Å². The Labute approximate surface area is 181 Å². The number of nitrogens with one attached hydrogen (secondary N) is 1. The molecule has 0 saturated carbocycles. The van der Waals surface area contributed by atoms with Gasteiger partial charge in [0.25, 0.3) is 0 Å². The van der Waals surface area contributed by atoms with Crippen molar-refractivity contribution < 1.29 is 14.3 Å². The van der Waals surface area contributed by atoms with Crippen molar-refractivity contribution in [3.8, 4) is 5.75 Å². The molecule has 0 saturated heterocycles. The fourth-order valence-electron chi connectivity index (χ4n) is 2.90. The Morgan fingerprint density at radius 2 is 1.79 bits per heavy atom. The Kier molecular flexibility index (Phi) is 7.94. The molecule has 0 aliphatic rings. The summed E-state index contributed by atoms with van der Waals surface area (Å²) < 4.78 is 5.51. The molecule has 0 fully saturated rings. The Balaban J connectivity index is 2.13. The SMILES string of the molecule is CCCC(C)(C)C(=O)Nc1cccc(OC(=O)N(CC)c2ccc(Cl)c(Cl)c2)c1. The summed E-state index contributed by atoms with van der Waals surface area (Å²) in [7, 11) is 0. The average Bonchev–Trinajstić information content (AvgIpc) is 2.65. The van der Waals surface area contributed by atoms with Gasteiger partial charge in [-0.1, -0.05) is 56.5 Å². The van der Waals surface area contributed by atoms with Crippen molar-refractivity contribution in [2.75, 3.05) is 16.8 Å². The standard InChI is InChI=1S/C22H26Cl2N2O3/c1-5-12-22(3,4)20(27)25-15-8-7-9-17(13-15)29-21(28)26(6-2)16-10-11-18(23)19(24)14-16/h7-11,13-14H,5-6,12H2,1-4H3,(H,25,27). The predicted molar refractivity (Wildman–Crippen MR) is 119 cm³/mol. The van der Waals surface area contributed by atoms with E-state index < -0.39 is 11.5 Å². The molecule has 0 spiro atoms. The third-order valence-electron chi connectivity index (χ3n) is 4.54.